The number of amides is 1. The van der Waals surface area contributed by atoms with Gasteiger partial charge in [-0.25, -0.2) is 9.97 Å². The SMILES string of the molecule is Cn1ccnc1C1CNCCN1CC(=O)Nc1nc2c(s1)CCC2. The van der Waals surface area contributed by atoms with Gasteiger partial charge in [0, 0.05) is 44.0 Å². The van der Waals surface area contributed by atoms with E-state index in [0.717, 1.165) is 43.4 Å². The second-order valence-electron chi connectivity index (χ2n) is 6.38. The molecule has 24 heavy (non-hydrogen) atoms. The van der Waals surface area contributed by atoms with E-state index in [2.05, 4.69) is 25.5 Å². The first-order chi connectivity index (χ1) is 11.7. The Kier molecular flexibility index (Phi) is 4.34. The second kappa shape index (κ2) is 6.62. The van der Waals surface area contributed by atoms with Crippen molar-refractivity contribution in [1.82, 2.24) is 24.8 Å². The van der Waals surface area contributed by atoms with E-state index in [1.807, 2.05) is 17.8 Å². The molecular weight excluding hydrogens is 324 g/mol. The number of thiazole rings is 1. The molecule has 1 fully saturated rings. The summed E-state index contributed by atoms with van der Waals surface area (Å²) in [6.07, 6.45) is 7.08. The summed E-state index contributed by atoms with van der Waals surface area (Å²) in [6.45, 7) is 2.90. The number of aryl methyl sites for hydroxylation is 3. The fraction of sp³-hybridized carbons (Fsp3) is 0.562. The number of piperazine rings is 1. The summed E-state index contributed by atoms with van der Waals surface area (Å²) in [5.41, 5.74) is 1.17. The maximum Gasteiger partial charge on any atom is 0.240 e. The van der Waals surface area contributed by atoms with Crippen molar-refractivity contribution < 1.29 is 4.79 Å². The Bertz CT molecular complexity index is 717. The van der Waals surface area contributed by atoms with Gasteiger partial charge in [-0.05, 0) is 19.3 Å². The van der Waals surface area contributed by atoms with E-state index in [4.69, 9.17) is 0 Å². The number of fused-ring (bicyclic) bond motifs is 1. The van der Waals surface area contributed by atoms with Crippen LogP contribution in [-0.4, -0.2) is 51.5 Å². The van der Waals surface area contributed by atoms with E-state index in [1.54, 1.807) is 17.5 Å². The predicted octanol–water partition coefficient (Wildman–Crippen LogP) is 0.950. The number of anilines is 1. The second-order valence-corrected chi connectivity index (χ2v) is 7.46. The van der Waals surface area contributed by atoms with Crippen LogP contribution in [0, 0.1) is 0 Å². The number of rotatable bonds is 4. The molecule has 2 N–H and O–H groups in total. The molecule has 2 aliphatic rings. The maximum absolute atomic E-state index is 12.5. The molecule has 3 heterocycles. The minimum atomic E-state index is 0.00327. The molecule has 1 aliphatic heterocycles. The summed E-state index contributed by atoms with van der Waals surface area (Å²) in [5, 5.41) is 7.11. The van der Waals surface area contributed by atoms with Crippen molar-refractivity contribution in [3.05, 3.63) is 28.8 Å². The summed E-state index contributed by atoms with van der Waals surface area (Å²) in [4.78, 5) is 25.0. The quantitative estimate of drug-likeness (QED) is 0.862. The lowest BCUT2D eigenvalue weighted by molar-refractivity contribution is -0.118. The Balaban J connectivity index is 1.42. The highest BCUT2D eigenvalue weighted by atomic mass is 32.1. The van der Waals surface area contributed by atoms with Crippen LogP contribution in [0.4, 0.5) is 5.13 Å². The molecule has 1 saturated heterocycles. The number of carbonyl (C=O) groups excluding carboxylic acids is 1. The Morgan fingerprint density at radius 2 is 2.42 bits per heavy atom. The molecule has 7 nitrogen and oxygen atoms in total. The minimum Gasteiger partial charge on any atom is -0.337 e. The number of imidazole rings is 1. The summed E-state index contributed by atoms with van der Waals surface area (Å²) in [5.74, 6) is 0.992. The first kappa shape index (κ1) is 15.7. The van der Waals surface area contributed by atoms with Gasteiger partial charge >= 0.3 is 0 Å². The lowest BCUT2D eigenvalue weighted by Gasteiger charge is -2.35. The van der Waals surface area contributed by atoms with E-state index in [0.29, 0.717) is 6.54 Å². The van der Waals surface area contributed by atoms with Crippen LogP contribution in [0.3, 0.4) is 0 Å². The Morgan fingerprint density at radius 1 is 1.50 bits per heavy atom. The number of nitrogens with zero attached hydrogens (tertiary/aromatic N) is 4. The van der Waals surface area contributed by atoms with E-state index < -0.39 is 0 Å². The number of nitrogens with one attached hydrogen (secondary N) is 2. The van der Waals surface area contributed by atoms with Gasteiger partial charge in [0.15, 0.2) is 5.13 Å². The Labute approximate surface area is 145 Å². The number of aromatic nitrogens is 3. The van der Waals surface area contributed by atoms with Crippen LogP contribution in [0.2, 0.25) is 0 Å². The normalized spacial score (nSPS) is 21.0. The van der Waals surface area contributed by atoms with Gasteiger partial charge in [0.1, 0.15) is 5.82 Å². The van der Waals surface area contributed by atoms with E-state index in [-0.39, 0.29) is 11.9 Å². The van der Waals surface area contributed by atoms with Gasteiger partial charge in [-0.2, -0.15) is 0 Å². The van der Waals surface area contributed by atoms with Crippen molar-refractivity contribution in [2.45, 2.75) is 25.3 Å². The van der Waals surface area contributed by atoms with Crippen molar-refractivity contribution in [3.63, 3.8) is 0 Å². The largest absolute Gasteiger partial charge is 0.337 e. The average molecular weight is 346 g/mol. The van der Waals surface area contributed by atoms with Gasteiger partial charge in [-0.1, -0.05) is 0 Å². The van der Waals surface area contributed by atoms with Crippen molar-refractivity contribution in [2.24, 2.45) is 7.05 Å². The molecule has 0 aromatic carbocycles. The predicted molar refractivity (Wildman–Crippen MR) is 93.2 cm³/mol. The fourth-order valence-corrected chi connectivity index (χ4v) is 4.54. The Morgan fingerprint density at radius 3 is 3.21 bits per heavy atom. The van der Waals surface area contributed by atoms with E-state index in [9.17, 15) is 4.79 Å². The molecule has 1 amide bonds. The Hall–Kier alpha value is -1.77. The number of hydrogen-bond donors (Lipinski definition) is 2. The first-order valence-electron chi connectivity index (χ1n) is 8.41. The summed E-state index contributed by atoms with van der Waals surface area (Å²) >= 11 is 1.62. The zero-order valence-electron chi connectivity index (χ0n) is 13.8. The first-order valence-corrected chi connectivity index (χ1v) is 9.23. The molecule has 128 valence electrons. The van der Waals surface area contributed by atoms with Crippen LogP contribution in [0.25, 0.3) is 0 Å². The van der Waals surface area contributed by atoms with Crippen molar-refractivity contribution in [1.29, 1.82) is 0 Å². The molecule has 8 heteroatoms. The van der Waals surface area contributed by atoms with Gasteiger partial charge in [0.05, 0.1) is 18.3 Å². The molecule has 0 saturated carbocycles. The van der Waals surface area contributed by atoms with Gasteiger partial charge in [0.2, 0.25) is 5.91 Å². The standard InChI is InChI=1S/C16H22N6OS/c1-21-7-6-18-15(21)12-9-17-5-8-22(12)10-14(23)20-16-19-11-3-2-4-13(11)24-16/h6-7,12,17H,2-5,8-10H2,1H3,(H,19,20,23). The minimum absolute atomic E-state index is 0.00327. The summed E-state index contributed by atoms with van der Waals surface area (Å²) < 4.78 is 2.02. The van der Waals surface area contributed by atoms with Gasteiger partial charge in [-0.15, -0.1) is 11.3 Å². The third-order valence-corrected chi connectivity index (χ3v) is 5.77. The van der Waals surface area contributed by atoms with Crippen LogP contribution in [0.1, 0.15) is 28.9 Å². The highest BCUT2D eigenvalue weighted by molar-refractivity contribution is 7.15. The third kappa shape index (κ3) is 3.09. The van der Waals surface area contributed by atoms with Crippen LogP contribution < -0.4 is 10.6 Å². The molecule has 0 radical (unpaired) electrons. The molecule has 0 bridgehead atoms. The van der Waals surface area contributed by atoms with E-state index >= 15 is 0 Å². The average Bonchev–Trinajstić information content (AvgIpc) is 3.24. The topological polar surface area (TPSA) is 75.1 Å². The van der Waals surface area contributed by atoms with Crippen LogP contribution in [-0.2, 0) is 24.7 Å². The van der Waals surface area contributed by atoms with Crippen molar-refractivity contribution in [3.8, 4) is 0 Å². The fourth-order valence-electron chi connectivity index (χ4n) is 3.48. The van der Waals surface area contributed by atoms with Crippen LogP contribution in [0.5, 0.6) is 0 Å². The van der Waals surface area contributed by atoms with Crippen LogP contribution in [0.15, 0.2) is 12.4 Å². The van der Waals surface area contributed by atoms with Crippen molar-refractivity contribution >= 4 is 22.4 Å². The number of hydrogen-bond acceptors (Lipinski definition) is 6. The zero-order chi connectivity index (χ0) is 16.5. The maximum atomic E-state index is 12.5. The lowest BCUT2D eigenvalue weighted by atomic mass is 10.1. The molecule has 4 rings (SSSR count). The highest BCUT2D eigenvalue weighted by Crippen LogP contribution is 2.30. The van der Waals surface area contributed by atoms with E-state index in [1.165, 1.54) is 17.0 Å². The molecule has 1 unspecified atom stereocenters. The smallest absolute Gasteiger partial charge is 0.240 e. The van der Waals surface area contributed by atoms with Gasteiger partial charge in [-0.3, -0.25) is 9.69 Å². The molecule has 0 spiro atoms. The lowest BCUT2D eigenvalue weighted by Crippen LogP contribution is -2.49. The zero-order valence-corrected chi connectivity index (χ0v) is 14.6. The molecule has 1 atom stereocenters. The number of carbonyl (C=O) groups is 1. The molecule has 2 aromatic rings. The van der Waals surface area contributed by atoms with Gasteiger partial charge < -0.3 is 15.2 Å². The third-order valence-electron chi connectivity index (χ3n) is 4.70. The molecule has 1 aliphatic carbocycles. The monoisotopic (exact) mass is 346 g/mol. The summed E-state index contributed by atoms with van der Waals surface area (Å²) in [7, 11) is 1.99. The molecular formula is C16H22N6OS. The summed E-state index contributed by atoms with van der Waals surface area (Å²) in [6, 6.07) is 0.116. The van der Waals surface area contributed by atoms with Crippen molar-refractivity contribution in [2.75, 3.05) is 31.5 Å². The van der Waals surface area contributed by atoms with Gasteiger partial charge in [0.25, 0.3) is 0 Å². The highest BCUT2D eigenvalue weighted by Gasteiger charge is 2.28. The molecule has 2 aromatic heterocycles. The van der Waals surface area contributed by atoms with Crippen LogP contribution >= 0.6 is 11.3 Å².